The van der Waals surface area contributed by atoms with Crippen LogP contribution in [-0.2, 0) is 4.79 Å². The summed E-state index contributed by atoms with van der Waals surface area (Å²) in [7, 11) is 0. The van der Waals surface area contributed by atoms with Crippen LogP contribution in [0.1, 0.15) is 45.4 Å². The van der Waals surface area contributed by atoms with Gasteiger partial charge in [0, 0.05) is 12.1 Å². The van der Waals surface area contributed by atoms with Crippen molar-refractivity contribution in [1.82, 2.24) is 10.2 Å². The summed E-state index contributed by atoms with van der Waals surface area (Å²) in [5.41, 5.74) is -1.03. The fourth-order valence-electron chi connectivity index (χ4n) is 2.62. The van der Waals surface area contributed by atoms with Crippen molar-refractivity contribution in [3.05, 3.63) is 0 Å². The molecule has 0 spiro atoms. The average Bonchev–Trinajstić information content (AvgIpc) is 3.20. The fraction of sp³-hybridized carbons (Fsp3) is 0.929. The maximum absolute atomic E-state index is 12.5. The van der Waals surface area contributed by atoms with Crippen LogP contribution in [0, 0.1) is 0 Å². The van der Waals surface area contributed by atoms with Gasteiger partial charge in [-0.1, -0.05) is 0 Å². The number of carboxylic acid groups (broad SMARTS) is 1. The van der Waals surface area contributed by atoms with Gasteiger partial charge in [-0.15, -0.1) is 0 Å². The molecular weight excluding hydrogens is 285 g/mol. The fourth-order valence-corrected chi connectivity index (χ4v) is 2.62. The van der Waals surface area contributed by atoms with E-state index in [-0.39, 0.29) is 12.1 Å². The van der Waals surface area contributed by atoms with Crippen molar-refractivity contribution in [2.24, 2.45) is 0 Å². The molecule has 1 atom stereocenters. The van der Waals surface area contributed by atoms with Gasteiger partial charge in [0.2, 0.25) is 0 Å². The third-order valence-electron chi connectivity index (χ3n) is 4.14. The number of hydrogen-bond acceptors (Lipinski definition) is 3. The van der Waals surface area contributed by atoms with E-state index in [9.17, 15) is 23.1 Å². The molecule has 2 aliphatic carbocycles. The van der Waals surface area contributed by atoms with Crippen LogP contribution < -0.4 is 5.32 Å². The van der Waals surface area contributed by atoms with E-state index in [1.165, 1.54) is 4.90 Å². The Bertz CT molecular complexity index is 381. The lowest BCUT2D eigenvalue weighted by Gasteiger charge is -2.29. The Morgan fingerprint density at radius 3 is 2.33 bits per heavy atom. The highest BCUT2D eigenvalue weighted by Crippen LogP contribution is 2.31. The molecule has 0 aromatic rings. The Hall–Kier alpha value is -0.820. The minimum atomic E-state index is -4.19. The number of nitrogens with zero attached hydrogens (tertiary/aromatic N) is 1. The topological polar surface area (TPSA) is 52.6 Å². The first-order chi connectivity index (χ1) is 9.70. The second-order valence-electron chi connectivity index (χ2n) is 6.48. The van der Waals surface area contributed by atoms with E-state index in [0.29, 0.717) is 19.4 Å². The number of rotatable bonds is 9. The summed E-state index contributed by atoms with van der Waals surface area (Å²) in [6.45, 7) is 1.04. The van der Waals surface area contributed by atoms with E-state index in [0.717, 1.165) is 25.7 Å². The molecule has 0 heterocycles. The highest BCUT2D eigenvalue weighted by atomic mass is 19.4. The normalized spacial score (nSPS) is 22.3. The first-order valence-corrected chi connectivity index (χ1v) is 7.51. The Morgan fingerprint density at radius 1 is 1.29 bits per heavy atom. The zero-order valence-corrected chi connectivity index (χ0v) is 12.2. The second-order valence-corrected chi connectivity index (χ2v) is 6.48. The molecule has 2 fully saturated rings. The van der Waals surface area contributed by atoms with E-state index >= 15 is 0 Å². The van der Waals surface area contributed by atoms with Crippen molar-refractivity contribution in [1.29, 1.82) is 0 Å². The van der Waals surface area contributed by atoms with E-state index in [1.807, 2.05) is 0 Å². The third-order valence-corrected chi connectivity index (χ3v) is 4.14. The Labute approximate surface area is 122 Å². The number of alkyl halides is 3. The van der Waals surface area contributed by atoms with Gasteiger partial charge in [-0.25, -0.2) is 0 Å². The van der Waals surface area contributed by atoms with Crippen LogP contribution >= 0.6 is 0 Å². The molecule has 0 aromatic heterocycles. The van der Waals surface area contributed by atoms with Gasteiger partial charge in [0.05, 0.1) is 6.54 Å². The molecule has 0 radical (unpaired) electrons. The molecule has 0 amide bonds. The first kappa shape index (κ1) is 16.5. The highest BCUT2D eigenvalue weighted by molar-refractivity contribution is 5.78. The number of nitrogens with one attached hydrogen (secondary N) is 1. The van der Waals surface area contributed by atoms with Crippen LogP contribution in [0.2, 0.25) is 0 Å². The lowest BCUT2D eigenvalue weighted by Crippen LogP contribution is -2.51. The summed E-state index contributed by atoms with van der Waals surface area (Å²) in [4.78, 5) is 12.8. The van der Waals surface area contributed by atoms with E-state index in [1.54, 1.807) is 6.92 Å². The van der Waals surface area contributed by atoms with Gasteiger partial charge in [0.1, 0.15) is 5.54 Å². The average molecular weight is 308 g/mol. The summed E-state index contributed by atoms with van der Waals surface area (Å²) >= 11 is 0. The Balaban J connectivity index is 1.80. The van der Waals surface area contributed by atoms with Gasteiger partial charge < -0.3 is 5.11 Å². The highest BCUT2D eigenvalue weighted by Gasteiger charge is 2.40. The quantitative estimate of drug-likeness (QED) is 0.687. The summed E-state index contributed by atoms with van der Waals surface area (Å²) in [6, 6.07) is 0.278. The minimum Gasteiger partial charge on any atom is -0.480 e. The number of halogens is 3. The van der Waals surface area contributed by atoms with Crippen molar-refractivity contribution >= 4 is 5.97 Å². The largest absolute Gasteiger partial charge is 0.480 e. The van der Waals surface area contributed by atoms with Crippen molar-refractivity contribution in [2.45, 2.75) is 69.2 Å². The summed E-state index contributed by atoms with van der Waals surface area (Å²) in [5.74, 6) is -0.928. The van der Waals surface area contributed by atoms with Gasteiger partial charge in [0.25, 0.3) is 0 Å². The second kappa shape index (κ2) is 6.12. The standard InChI is InChI=1S/C14H23F3N2O2/c1-13(12(20)21,18-10-3-4-10)7-2-8-19(11-5-6-11)9-14(15,16)17/h10-11,18H,2-9H2,1H3,(H,20,21). The predicted octanol–water partition coefficient (Wildman–Crippen LogP) is 2.39. The maximum atomic E-state index is 12.5. The van der Waals surface area contributed by atoms with Crippen LogP contribution in [0.25, 0.3) is 0 Å². The molecule has 7 heteroatoms. The summed E-state index contributed by atoms with van der Waals surface area (Å²) in [6.07, 6.45) is 0.190. The Morgan fingerprint density at radius 2 is 1.90 bits per heavy atom. The molecule has 2 rings (SSSR count). The van der Waals surface area contributed by atoms with E-state index in [2.05, 4.69) is 5.32 Å². The van der Waals surface area contributed by atoms with Gasteiger partial charge in [-0.3, -0.25) is 15.0 Å². The number of carboxylic acids is 1. The molecule has 2 N–H and O–H groups in total. The van der Waals surface area contributed by atoms with Crippen molar-refractivity contribution < 1.29 is 23.1 Å². The molecule has 2 saturated carbocycles. The van der Waals surface area contributed by atoms with Crippen LogP contribution in [0.15, 0.2) is 0 Å². The third kappa shape index (κ3) is 5.47. The lowest BCUT2D eigenvalue weighted by molar-refractivity contribution is -0.149. The molecule has 1 unspecified atom stereocenters. The molecule has 4 nitrogen and oxygen atoms in total. The molecule has 21 heavy (non-hydrogen) atoms. The van der Waals surface area contributed by atoms with E-state index < -0.39 is 24.2 Å². The van der Waals surface area contributed by atoms with Crippen LogP contribution in [0.5, 0.6) is 0 Å². The van der Waals surface area contributed by atoms with Gasteiger partial charge in [0.15, 0.2) is 0 Å². The summed E-state index contributed by atoms with van der Waals surface area (Å²) in [5, 5.41) is 12.4. The first-order valence-electron chi connectivity index (χ1n) is 7.51. The molecule has 2 aliphatic rings. The SMILES string of the molecule is CC(CCCN(CC(F)(F)F)C1CC1)(NC1CC1)C(=O)O. The van der Waals surface area contributed by atoms with Crippen molar-refractivity contribution in [3.63, 3.8) is 0 Å². The maximum Gasteiger partial charge on any atom is 0.401 e. The van der Waals surface area contributed by atoms with Crippen LogP contribution in [0.4, 0.5) is 13.2 Å². The molecule has 122 valence electrons. The van der Waals surface area contributed by atoms with Gasteiger partial charge >= 0.3 is 12.1 Å². The predicted molar refractivity (Wildman–Crippen MR) is 72.1 cm³/mol. The monoisotopic (exact) mass is 308 g/mol. The smallest absolute Gasteiger partial charge is 0.401 e. The number of aliphatic carboxylic acids is 1. The van der Waals surface area contributed by atoms with Crippen molar-refractivity contribution in [2.75, 3.05) is 13.1 Å². The lowest BCUT2D eigenvalue weighted by atomic mass is 9.95. The molecule has 0 aromatic carbocycles. The zero-order chi connectivity index (χ0) is 15.7. The molecule has 0 saturated heterocycles. The van der Waals surface area contributed by atoms with Gasteiger partial charge in [-0.2, -0.15) is 13.2 Å². The Kier molecular flexibility index (Phi) is 4.82. The molecule has 0 bridgehead atoms. The molecular formula is C14H23F3N2O2. The number of hydrogen-bond donors (Lipinski definition) is 2. The van der Waals surface area contributed by atoms with E-state index in [4.69, 9.17) is 0 Å². The summed E-state index contributed by atoms with van der Waals surface area (Å²) < 4.78 is 37.5. The zero-order valence-electron chi connectivity index (χ0n) is 12.2. The number of carbonyl (C=O) groups is 1. The van der Waals surface area contributed by atoms with Crippen LogP contribution in [0.3, 0.4) is 0 Å². The molecule has 0 aliphatic heterocycles. The van der Waals surface area contributed by atoms with Crippen LogP contribution in [-0.4, -0.2) is 52.9 Å². The van der Waals surface area contributed by atoms with Gasteiger partial charge in [-0.05, 0) is 52.0 Å². The van der Waals surface area contributed by atoms with Crippen molar-refractivity contribution in [3.8, 4) is 0 Å². The minimum absolute atomic E-state index is 0.0269.